The second-order valence-corrected chi connectivity index (χ2v) is 4.42. The second kappa shape index (κ2) is 3.84. The van der Waals surface area contributed by atoms with Crippen LogP contribution in [0.4, 0.5) is 0 Å². The number of rotatable bonds is 1. The molecule has 18 heavy (non-hydrogen) atoms. The molecule has 3 aromatic rings. The fourth-order valence-corrected chi connectivity index (χ4v) is 2.14. The van der Waals surface area contributed by atoms with Crippen molar-refractivity contribution in [3.8, 4) is 11.4 Å². The highest BCUT2D eigenvalue weighted by atomic mass is 32.1. The lowest BCUT2D eigenvalue weighted by Gasteiger charge is -2.00. The van der Waals surface area contributed by atoms with Crippen LogP contribution in [-0.2, 0) is 7.05 Å². The molecule has 3 heterocycles. The number of aromatic nitrogens is 5. The van der Waals surface area contributed by atoms with E-state index in [0.29, 0.717) is 5.82 Å². The molecule has 0 fully saturated rings. The summed E-state index contributed by atoms with van der Waals surface area (Å²) in [7, 11) is 1.38. The minimum Gasteiger partial charge on any atom is -0.288 e. The molecule has 0 aliphatic rings. The van der Waals surface area contributed by atoms with Gasteiger partial charge in [-0.25, -0.2) is 9.78 Å². The van der Waals surface area contributed by atoms with Crippen LogP contribution < -0.4 is 11.2 Å². The van der Waals surface area contributed by atoms with Gasteiger partial charge in [-0.2, -0.15) is 11.3 Å². The standard InChI is InChI=1S/C10H7N5O2S/c1-15-9(16)6-8(12-10(15)17)14-13-7(11-6)5-2-3-18-4-5/h2-4H,1H3,(H,12,14,17). The Bertz CT molecular complexity index is 834. The number of H-pyrrole nitrogens is 1. The van der Waals surface area contributed by atoms with Crippen molar-refractivity contribution in [3.05, 3.63) is 37.7 Å². The van der Waals surface area contributed by atoms with Crippen molar-refractivity contribution in [2.45, 2.75) is 0 Å². The van der Waals surface area contributed by atoms with Crippen LogP contribution in [-0.4, -0.2) is 24.7 Å². The summed E-state index contributed by atoms with van der Waals surface area (Å²) in [5.41, 5.74) is -0.0231. The van der Waals surface area contributed by atoms with Gasteiger partial charge in [0.05, 0.1) is 0 Å². The van der Waals surface area contributed by atoms with Gasteiger partial charge in [0, 0.05) is 18.0 Å². The van der Waals surface area contributed by atoms with Crippen molar-refractivity contribution in [1.29, 1.82) is 0 Å². The molecule has 0 spiro atoms. The lowest BCUT2D eigenvalue weighted by Crippen LogP contribution is -2.33. The summed E-state index contributed by atoms with van der Waals surface area (Å²) in [6.45, 7) is 0. The number of fused-ring (bicyclic) bond motifs is 1. The van der Waals surface area contributed by atoms with Gasteiger partial charge in [-0.15, -0.1) is 10.2 Å². The zero-order chi connectivity index (χ0) is 12.7. The van der Waals surface area contributed by atoms with Crippen LogP contribution >= 0.6 is 11.3 Å². The summed E-state index contributed by atoms with van der Waals surface area (Å²) in [6.07, 6.45) is 0. The van der Waals surface area contributed by atoms with Crippen LogP contribution in [0.2, 0.25) is 0 Å². The Morgan fingerprint density at radius 1 is 1.33 bits per heavy atom. The van der Waals surface area contributed by atoms with Gasteiger partial charge < -0.3 is 0 Å². The second-order valence-electron chi connectivity index (χ2n) is 3.64. The number of thiophene rings is 1. The number of hydrogen-bond acceptors (Lipinski definition) is 6. The molecule has 0 bridgehead atoms. The third kappa shape index (κ3) is 1.54. The minimum atomic E-state index is -0.535. The zero-order valence-corrected chi connectivity index (χ0v) is 10.1. The molecule has 90 valence electrons. The van der Waals surface area contributed by atoms with Crippen LogP contribution in [0.1, 0.15) is 0 Å². The third-order valence-corrected chi connectivity index (χ3v) is 3.19. The maximum Gasteiger partial charge on any atom is 0.329 e. The average molecular weight is 261 g/mol. The number of nitrogens with one attached hydrogen (secondary N) is 1. The van der Waals surface area contributed by atoms with E-state index in [1.165, 1.54) is 18.4 Å². The topological polar surface area (TPSA) is 93.5 Å². The van der Waals surface area contributed by atoms with E-state index in [9.17, 15) is 9.59 Å². The van der Waals surface area contributed by atoms with Crippen molar-refractivity contribution in [2.24, 2.45) is 7.05 Å². The lowest BCUT2D eigenvalue weighted by molar-refractivity contribution is 0.781. The molecule has 8 heteroatoms. The van der Waals surface area contributed by atoms with E-state index in [2.05, 4.69) is 20.2 Å². The first kappa shape index (κ1) is 10.8. The van der Waals surface area contributed by atoms with Crippen LogP contribution in [0, 0.1) is 0 Å². The van der Waals surface area contributed by atoms with Crippen molar-refractivity contribution in [2.75, 3.05) is 0 Å². The van der Waals surface area contributed by atoms with Crippen molar-refractivity contribution < 1.29 is 0 Å². The quantitative estimate of drug-likeness (QED) is 0.672. The van der Waals surface area contributed by atoms with Gasteiger partial charge in [0.1, 0.15) is 0 Å². The Morgan fingerprint density at radius 3 is 2.89 bits per heavy atom. The molecule has 1 N–H and O–H groups in total. The van der Waals surface area contributed by atoms with Crippen molar-refractivity contribution in [1.82, 2.24) is 24.7 Å². The number of nitrogens with zero attached hydrogens (tertiary/aromatic N) is 4. The summed E-state index contributed by atoms with van der Waals surface area (Å²) in [4.78, 5) is 29.9. The van der Waals surface area contributed by atoms with Gasteiger partial charge in [-0.3, -0.25) is 14.3 Å². The zero-order valence-electron chi connectivity index (χ0n) is 9.25. The van der Waals surface area contributed by atoms with E-state index >= 15 is 0 Å². The Labute approximate surface area is 104 Å². The van der Waals surface area contributed by atoms with E-state index in [1.807, 2.05) is 16.8 Å². The van der Waals surface area contributed by atoms with Gasteiger partial charge in [-0.1, -0.05) is 0 Å². The molecule has 3 rings (SSSR count). The van der Waals surface area contributed by atoms with Crippen LogP contribution in [0.15, 0.2) is 26.4 Å². The van der Waals surface area contributed by atoms with Gasteiger partial charge >= 0.3 is 5.69 Å². The van der Waals surface area contributed by atoms with E-state index in [0.717, 1.165) is 10.1 Å². The van der Waals surface area contributed by atoms with Crippen LogP contribution in [0.3, 0.4) is 0 Å². The smallest absolute Gasteiger partial charge is 0.288 e. The maximum absolute atomic E-state index is 11.9. The molecule has 7 nitrogen and oxygen atoms in total. The summed E-state index contributed by atoms with van der Waals surface area (Å²) in [5, 5.41) is 11.5. The number of hydrogen-bond donors (Lipinski definition) is 1. The Hall–Kier alpha value is -2.35. The van der Waals surface area contributed by atoms with E-state index in [1.54, 1.807) is 0 Å². The molecule has 0 amide bonds. The minimum absolute atomic E-state index is 0.0991. The largest absolute Gasteiger partial charge is 0.329 e. The maximum atomic E-state index is 11.9. The Balaban J connectivity index is 2.37. The average Bonchev–Trinajstić information content (AvgIpc) is 2.90. The molecule has 0 radical (unpaired) electrons. The molecular formula is C10H7N5O2S. The summed E-state index contributed by atoms with van der Waals surface area (Å²) >= 11 is 1.50. The summed E-state index contributed by atoms with van der Waals surface area (Å²) < 4.78 is 0.953. The van der Waals surface area contributed by atoms with E-state index in [4.69, 9.17) is 0 Å². The van der Waals surface area contributed by atoms with Gasteiger partial charge in [0.25, 0.3) is 5.56 Å². The predicted molar refractivity (Wildman–Crippen MR) is 66.5 cm³/mol. The molecule has 0 saturated carbocycles. The molecule has 0 atom stereocenters. The highest BCUT2D eigenvalue weighted by Crippen LogP contribution is 2.17. The monoisotopic (exact) mass is 261 g/mol. The first-order valence-corrected chi connectivity index (χ1v) is 5.97. The lowest BCUT2D eigenvalue weighted by atomic mass is 10.3. The highest BCUT2D eigenvalue weighted by Gasteiger charge is 2.10. The van der Waals surface area contributed by atoms with E-state index in [-0.39, 0.29) is 11.2 Å². The molecular weight excluding hydrogens is 254 g/mol. The van der Waals surface area contributed by atoms with Crippen LogP contribution in [0.25, 0.3) is 22.6 Å². The Kier molecular flexibility index (Phi) is 2.30. The Morgan fingerprint density at radius 2 is 2.17 bits per heavy atom. The van der Waals surface area contributed by atoms with Crippen molar-refractivity contribution in [3.63, 3.8) is 0 Å². The molecule has 0 saturated heterocycles. The third-order valence-electron chi connectivity index (χ3n) is 2.50. The predicted octanol–water partition coefficient (Wildman–Crippen LogP) is 0.140. The summed E-state index contributed by atoms with van der Waals surface area (Å²) in [6, 6.07) is 1.84. The first-order valence-electron chi connectivity index (χ1n) is 5.03. The fraction of sp³-hybridized carbons (Fsp3) is 0.100. The molecule has 3 aromatic heterocycles. The fourth-order valence-electron chi connectivity index (χ4n) is 1.51. The molecule has 0 aliphatic carbocycles. The first-order chi connectivity index (χ1) is 8.66. The molecule has 0 unspecified atom stereocenters. The normalized spacial score (nSPS) is 10.9. The molecule has 0 aromatic carbocycles. The van der Waals surface area contributed by atoms with Gasteiger partial charge in [0.2, 0.25) is 0 Å². The van der Waals surface area contributed by atoms with E-state index < -0.39 is 11.2 Å². The molecule has 0 aliphatic heterocycles. The van der Waals surface area contributed by atoms with Gasteiger partial charge in [0.15, 0.2) is 17.0 Å². The number of aromatic amines is 1. The highest BCUT2D eigenvalue weighted by molar-refractivity contribution is 7.08. The SMILES string of the molecule is Cn1c(=O)[nH]c2nnc(-c3ccsc3)nc2c1=O. The van der Waals surface area contributed by atoms with Gasteiger partial charge in [-0.05, 0) is 11.4 Å². The van der Waals surface area contributed by atoms with Crippen molar-refractivity contribution >= 4 is 22.5 Å². The summed E-state index contributed by atoms with van der Waals surface area (Å²) in [5.74, 6) is 0.368. The van der Waals surface area contributed by atoms with Crippen LogP contribution in [0.5, 0.6) is 0 Å².